The Balaban J connectivity index is 1.55. The summed E-state index contributed by atoms with van der Waals surface area (Å²) in [6.07, 6.45) is 4.22. The van der Waals surface area contributed by atoms with E-state index in [1.807, 2.05) is 0 Å². The lowest BCUT2D eigenvalue weighted by Gasteiger charge is -2.23. The van der Waals surface area contributed by atoms with Crippen molar-refractivity contribution in [3.63, 3.8) is 0 Å². The third kappa shape index (κ3) is 5.94. The highest BCUT2D eigenvalue weighted by atomic mass is 31.2. The number of rotatable bonds is 9. The Hall–Kier alpha value is -3.96. The summed E-state index contributed by atoms with van der Waals surface area (Å²) in [6, 6.07) is 7.24. The van der Waals surface area contributed by atoms with Gasteiger partial charge in [0.25, 0.3) is 5.56 Å². The summed E-state index contributed by atoms with van der Waals surface area (Å²) in [5.74, 6) is 0.482. The minimum Gasteiger partial charge on any atom is -0.409 e. The van der Waals surface area contributed by atoms with Gasteiger partial charge >= 0.3 is 13.4 Å². The monoisotopic (exact) mass is 500 g/mol. The third-order valence-electron chi connectivity index (χ3n) is 5.06. The van der Waals surface area contributed by atoms with Gasteiger partial charge in [0.2, 0.25) is 0 Å². The number of ether oxygens (including phenoxy) is 1. The number of hydrogen-bond acceptors (Lipinski definition) is 9. The molecule has 35 heavy (non-hydrogen) atoms. The third-order valence-corrected chi connectivity index (χ3v) is 6.50. The molecule has 3 aromatic rings. The zero-order valence-electron chi connectivity index (χ0n) is 18.4. The molecule has 0 amide bonds. The number of H-pyrrole nitrogens is 1. The highest BCUT2D eigenvalue weighted by molar-refractivity contribution is 7.55. The van der Waals surface area contributed by atoms with Crippen LogP contribution in [0.15, 0.2) is 69.8 Å². The van der Waals surface area contributed by atoms with Crippen LogP contribution in [-0.4, -0.2) is 38.3 Å². The van der Waals surface area contributed by atoms with Gasteiger partial charge in [0.1, 0.15) is 17.8 Å². The predicted molar refractivity (Wildman–Crippen MR) is 124 cm³/mol. The van der Waals surface area contributed by atoms with Crippen LogP contribution in [0.25, 0.3) is 10.4 Å². The molecule has 0 spiro atoms. The number of aryl methyl sites for hydroxylation is 1. The molecule has 1 aliphatic heterocycles. The van der Waals surface area contributed by atoms with E-state index in [-0.39, 0.29) is 24.6 Å². The molecule has 182 valence electrons. The molecule has 15 heteroatoms. The van der Waals surface area contributed by atoms with Crippen LogP contribution in [0.1, 0.15) is 18.2 Å². The molecule has 14 nitrogen and oxygen atoms in total. The van der Waals surface area contributed by atoms with E-state index >= 15 is 0 Å². The van der Waals surface area contributed by atoms with E-state index in [2.05, 4.69) is 30.1 Å². The number of aromatic nitrogens is 4. The molecule has 0 saturated carbocycles. The van der Waals surface area contributed by atoms with E-state index in [0.717, 1.165) is 0 Å². The lowest BCUT2D eigenvalue weighted by molar-refractivity contribution is -0.0234. The van der Waals surface area contributed by atoms with Crippen molar-refractivity contribution in [1.29, 1.82) is 0 Å². The lowest BCUT2D eigenvalue weighted by Crippen LogP contribution is -2.33. The molecule has 4 rings (SSSR count). The SMILES string of the molecule is Cc1cn([C@H]2C[C@H](N=[N+]=[N-])[C@@H](COP(=O)(Nc3ccccn3)Oc3ccncc3)O2)c(=O)[nH]c1=O. The first-order chi connectivity index (χ1) is 16.9. The summed E-state index contributed by atoms with van der Waals surface area (Å²) in [7, 11) is -4.05. The molecule has 4 atom stereocenters. The number of hydrogen-bond donors (Lipinski definition) is 2. The predicted octanol–water partition coefficient (Wildman–Crippen LogP) is 2.92. The van der Waals surface area contributed by atoms with Gasteiger partial charge in [-0.25, -0.2) is 14.3 Å². The van der Waals surface area contributed by atoms with E-state index in [1.165, 1.54) is 41.5 Å². The van der Waals surface area contributed by atoms with Gasteiger partial charge in [0, 0.05) is 41.7 Å². The highest BCUT2D eigenvalue weighted by Crippen LogP contribution is 2.48. The minimum absolute atomic E-state index is 0.132. The molecule has 2 N–H and O–H groups in total. The Kier molecular flexibility index (Phi) is 7.28. The van der Waals surface area contributed by atoms with Crippen molar-refractivity contribution < 1.29 is 18.3 Å². The molecule has 0 aliphatic carbocycles. The second-order valence-corrected chi connectivity index (χ2v) is 9.17. The first-order valence-electron chi connectivity index (χ1n) is 10.4. The Morgan fingerprint density at radius 1 is 1.31 bits per heavy atom. The molecule has 1 fully saturated rings. The number of nitrogens with zero attached hydrogens (tertiary/aromatic N) is 6. The molecule has 3 aromatic heterocycles. The van der Waals surface area contributed by atoms with Crippen LogP contribution in [0.5, 0.6) is 5.75 Å². The van der Waals surface area contributed by atoms with Crippen LogP contribution >= 0.6 is 7.75 Å². The van der Waals surface area contributed by atoms with Crippen LogP contribution in [0.2, 0.25) is 0 Å². The zero-order chi connectivity index (χ0) is 24.8. The molecular weight excluding hydrogens is 479 g/mol. The number of aromatic amines is 1. The van der Waals surface area contributed by atoms with E-state index in [1.54, 1.807) is 25.1 Å². The van der Waals surface area contributed by atoms with E-state index in [9.17, 15) is 14.2 Å². The van der Waals surface area contributed by atoms with E-state index < -0.39 is 37.4 Å². The summed E-state index contributed by atoms with van der Waals surface area (Å²) in [5, 5.41) is 6.40. The van der Waals surface area contributed by atoms with Crippen molar-refractivity contribution in [2.75, 3.05) is 11.7 Å². The average molecular weight is 500 g/mol. The highest BCUT2D eigenvalue weighted by Gasteiger charge is 2.39. The van der Waals surface area contributed by atoms with Gasteiger partial charge in [0.05, 0.1) is 18.8 Å². The molecule has 1 saturated heterocycles. The van der Waals surface area contributed by atoms with E-state index in [4.69, 9.17) is 19.3 Å². The Morgan fingerprint density at radius 2 is 2.11 bits per heavy atom. The van der Waals surface area contributed by atoms with Crippen molar-refractivity contribution >= 4 is 13.6 Å². The summed E-state index contributed by atoms with van der Waals surface area (Å²) in [6.45, 7) is 1.24. The first kappa shape index (κ1) is 24.2. The van der Waals surface area contributed by atoms with Gasteiger partial charge in [-0.15, -0.1) is 0 Å². The van der Waals surface area contributed by atoms with Gasteiger partial charge in [-0.3, -0.25) is 28.9 Å². The Bertz CT molecular complexity index is 1330. The maximum atomic E-state index is 13.6. The van der Waals surface area contributed by atoms with Gasteiger partial charge in [-0.05, 0) is 36.7 Å². The summed E-state index contributed by atoms with van der Waals surface area (Å²) < 4.78 is 32.0. The molecular formula is C20H21N8O6P. The van der Waals surface area contributed by atoms with Crippen molar-refractivity contribution in [3.8, 4) is 5.75 Å². The number of pyridine rings is 2. The minimum atomic E-state index is -4.05. The lowest BCUT2D eigenvalue weighted by atomic mass is 10.1. The van der Waals surface area contributed by atoms with Crippen LogP contribution in [0.4, 0.5) is 5.82 Å². The average Bonchev–Trinajstić information content (AvgIpc) is 3.24. The fourth-order valence-corrected chi connectivity index (χ4v) is 4.70. The summed E-state index contributed by atoms with van der Waals surface area (Å²) in [5.41, 5.74) is 8.12. The Labute approximate surface area is 198 Å². The van der Waals surface area contributed by atoms with Crippen molar-refractivity contribution in [2.24, 2.45) is 5.11 Å². The van der Waals surface area contributed by atoms with Gasteiger partial charge < -0.3 is 9.26 Å². The smallest absolute Gasteiger partial charge is 0.409 e. The fraction of sp³-hybridized carbons (Fsp3) is 0.300. The van der Waals surface area contributed by atoms with Crippen LogP contribution in [-0.2, 0) is 13.8 Å². The number of nitrogens with one attached hydrogen (secondary N) is 2. The van der Waals surface area contributed by atoms with Crippen LogP contribution in [0, 0.1) is 6.92 Å². The number of azide groups is 1. The van der Waals surface area contributed by atoms with Crippen LogP contribution < -0.4 is 20.9 Å². The standard InChI is InChI=1S/C20H21N8O6P/c1-13-11-28(20(30)24-19(13)29)18-10-15(25-27-21)16(33-18)12-32-35(31,26-17-4-2-3-7-23-17)34-14-5-8-22-9-6-14/h2-9,11,15-16,18H,10,12H2,1H3,(H,23,26,31)(H,24,29,30)/t15-,16+,18+,35?/m0/s1. The normalized spacial score (nSPS) is 21.0. The number of anilines is 1. The summed E-state index contributed by atoms with van der Waals surface area (Å²) >= 11 is 0. The molecule has 4 heterocycles. The van der Waals surface area contributed by atoms with E-state index in [0.29, 0.717) is 5.56 Å². The Morgan fingerprint density at radius 3 is 2.83 bits per heavy atom. The van der Waals surface area contributed by atoms with Gasteiger partial charge in [-0.2, -0.15) is 0 Å². The van der Waals surface area contributed by atoms with Crippen molar-refractivity contribution in [1.82, 2.24) is 19.5 Å². The van der Waals surface area contributed by atoms with Gasteiger partial charge in [-0.1, -0.05) is 11.2 Å². The maximum absolute atomic E-state index is 13.6. The summed E-state index contributed by atoms with van der Waals surface area (Å²) in [4.78, 5) is 37.0. The second-order valence-electron chi connectivity index (χ2n) is 7.51. The molecule has 1 unspecified atom stereocenters. The van der Waals surface area contributed by atoms with Crippen molar-refractivity contribution in [3.05, 3.63) is 92.0 Å². The van der Waals surface area contributed by atoms with Gasteiger partial charge in [0.15, 0.2) is 0 Å². The van der Waals surface area contributed by atoms with Crippen LogP contribution in [0.3, 0.4) is 0 Å². The largest absolute Gasteiger partial charge is 0.487 e. The van der Waals surface area contributed by atoms with Crippen molar-refractivity contribution in [2.45, 2.75) is 31.7 Å². The second kappa shape index (κ2) is 10.5. The quantitative estimate of drug-likeness (QED) is 0.193. The topological polar surface area (TPSA) is 186 Å². The zero-order valence-corrected chi connectivity index (χ0v) is 19.3. The fourth-order valence-electron chi connectivity index (χ4n) is 3.38. The maximum Gasteiger partial charge on any atom is 0.487 e. The first-order valence-corrected chi connectivity index (χ1v) is 12.0. The molecule has 0 bridgehead atoms. The molecule has 0 radical (unpaired) electrons. The molecule has 0 aromatic carbocycles. The molecule has 1 aliphatic rings.